The van der Waals surface area contributed by atoms with Gasteiger partial charge in [-0.1, -0.05) is 0 Å². The number of hydrogen-bond acceptors (Lipinski definition) is 5. The first-order chi connectivity index (χ1) is 12.4. The van der Waals surface area contributed by atoms with Gasteiger partial charge in [0, 0.05) is 30.7 Å². The number of anilines is 1. The van der Waals surface area contributed by atoms with Crippen molar-refractivity contribution in [2.75, 3.05) is 31.3 Å². The van der Waals surface area contributed by atoms with Gasteiger partial charge in [-0.3, -0.25) is 9.55 Å². The zero-order valence-corrected chi connectivity index (χ0v) is 15.5. The third kappa shape index (κ3) is 4.16. The van der Waals surface area contributed by atoms with Gasteiger partial charge in [0.05, 0.1) is 30.0 Å². The average molecular weight is 375 g/mol. The predicted molar refractivity (Wildman–Crippen MR) is 99.5 cm³/mol. The number of aromatic nitrogens is 1. The maximum Gasteiger partial charge on any atom is 0.325 e. The van der Waals surface area contributed by atoms with Crippen LogP contribution in [-0.2, 0) is 4.57 Å². The first kappa shape index (κ1) is 18.7. The maximum atomic E-state index is 11.1. The number of nitriles is 1. The number of ether oxygens (including phenoxy) is 1. The van der Waals surface area contributed by atoms with Gasteiger partial charge in [-0.05, 0) is 37.3 Å². The SMILES string of the molecule is COc1ccc2c(N3CCC(CCP(=O)(O)O)CC3)c(C#N)cnc2c1. The molecular weight excluding hydrogens is 353 g/mol. The highest BCUT2D eigenvalue weighted by Crippen LogP contribution is 2.39. The minimum Gasteiger partial charge on any atom is -0.497 e. The van der Waals surface area contributed by atoms with Crippen LogP contribution >= 0.6 is 7.60 Å². The van der Waals surface area contributed by atoms with Crippen molar-refractivity contribution in [3.05, 3.63) is 30.0 Å². The largest absolute Gasteiger partial charge is 0.497 e. The van der Waals surface area contributed by atoms with Crippen LogP contribution in [0.25, 0.3) is 10.9 Å². The molecule has 8 heteroatoms. The summed E-state index contributed by atoms with van der Waals surface area (Å²) in [5, 5.41) is 10.4. The molecule has 0 saturated carbocycles. The second-order valence-electron chi connectivity index (χ2n) is 6.62. The number of benzene rings is 1. The highest BCUT2D eigenvalue weighted by molar-refractivity contribution is 7.51. The standard InChI is InChI=1S/C18H22N3O4P/c1-25-15-2-3-16-17(10-15)20-12-14(11-19)18(16)21-7-4-13(5-8-21)6-9-26(22,23)24/h2-3,10,12-13H,4-9H2,1H3,(H2,22,23,24). The van der Waals surface area contributed by atoms with E-state index in [2.05, 4.69) is 16.0 Å². The van der Waals surface area contributed by atoms with Crippen LogP contribution in [-0.4, -0.2) is 41.1 Å². The molecule has 2 aromatic rings. The molecule has 0 amide bonds. The van der Waals surface area contributed by atoms with Crippen molar-refractivity contribution in [2.24, 2.45) is 5.92 Å². The Morgan fingerprint density at radius 2 is 2.12 bits per heavy atom. The van der Waals surface area contributed by atoms with E-state index in [-0.39, 0.29) is 6.16 Å². The van der Waals surface area contributed by atoms with Crippen LogP contribution in [0.2, 0.25) is 0 Å². The smallest absolute Gasteiger partial charge is 0.325 e. The fraction of sp³-hybridized carbons (Fsp3) is 0.444. The molecule has 7 nitrogen and oxygen atoms in total. The Morgan fingerprint density at radius 1 is 1.38 bits per heavy atom. The predicted octanol–water partition coefficient (Wildman–Crippen LogP) is 2.90. The molecule has 26 heavy (non-hydrogen) atoms. The molecule has 1 fully saturated rings. The lowest BCUT2D eigenvalue weighted by Crippen LogP contribution is -2.34. The molecule has 0 aliphatic carbocycles. The lowest BCUT2D eigenvalue weighted by atomic mass is 9.93. The fourth-order valence-electron chi connectivity index (χ4n) is 3.50. The summed E-state index contributed by atoms with van der Waals surface area (Å²) in [5.41, 5.74) is 2.20. The molecule has 1 aliphatic rings. The minimum atomic E-state index is -3.94. The fourth-order valence-corrected chi connectivity index (χ4v) is 4.21. The molecule has 0 radical (unpaired) electrons. The topological polar surface area (TPSA) is 107 Å². The van der Waals surface area contributed by atoms with E-state index in [1.165, 1.54) is 0 Å². The summed E-state index contributed by atoms with van der Waals surface area (Å²) in [6, 6.07) is 7.88. The lowest BCUT2D eigenvalue weighted by Gasteiger charge is -2.34. The van der Waals surface area contributed by atoms with Crippen LogP contribution in [0.5, 0.6) is 5.75 Å². The van der Waals surface area contributed by atoms with Crippen LogP contribution in [0.15, 0.2) is 24.4 Å². The van der Waals surface area contributed by atoms with Crippen LogP contribution in [0.4, 0.5) is 5.69 Å². The summed E-state index contributed by atoms with van der Waals surface area (Å²) in [6.07, 6.45) is 3.78. The molecule has 2 heterocycles. The molecule has 1 aliphatic heterocycles. The second kappa shape index (κ2) is 7.63. The van der Waals surface area contributed by atoms with Crippen LogP contribution < -0.4 is 9.64 Å². The van der Waals surface area contributed by atoms with Crippen molar-refractivity contribution in [1.29, 1.82) is 5.26 Å². The molecule has 138 valence electrons. The Hall–Kier alpha value is -2.13. The number of hydrogen-bond donors (Lipinski definition) is 2. The number of methoxy groups -OCH3 is 1. The molecule has 0 atom stereocenters. The first-order valence-corrected chi connectivity index (χ1v) is 10.4. The van der Waals surface area contributed by atoms with Crippen molar-refractivity contribution in [1.82, 2.24) is 4.98 Å². The average Bonchev–Trinajstić information content (AvgIpc) is 2.64. The van der Waals surface area contributed by atoms with E-state index >= 15 is 0 Å². The molecule has 2 N–H and O–H groups in total. The lowest BCUT2D eigenvalue weighted by molar-refractivity contribution is 0.350. The van der Waals surface area contributed by atoms with Crippen molar-refractivity contribution < 1.29 is 19.1 Å². The normalized spacial score (nSPS) is 15.8. The Bertz CT molecular complexity index is 882. The van der Waals surface area contributed by atoms with Gasteiger partial charge in [0.2, 0.25) is 0 Å². The van der Waals surface area contributed by atoms with Gasteiger partial charge in [-0.2, -0.15) is 5.26 Å². The van der Waals surface area contributed by atoms with Crippen molar-refractivity contribution in [2.45, 2.75) is 19.3 Å². The number of fused-ring (bicyclic) bond motifs is 1. The Labute approximate surface area is 152 Å². The Morgan fingerprint density at radius 3 is 2.73 bits per heavy atom. The maximum absolute atomic E-state index is 11.1. The van der Waals surface area contributed by atoms with Crippen molar-refractivity contribution in [3.8, 4) is 11.8 Å². The summed E-state index contributed by atoms with van der Waals surface area (Å²) in [6.45, 7) is 1.51. The quantitative estimate of drug-likeness (QED) is 0.774. The van der Waals surface area contributed by atoms with E-state index in [0.29, 0.717) is 17.9 Å². The third-order valence-corrected chi connectivity index (χ3v) is 5.77. The molecule has 1 saturated heterocycles. The van der Waals surface area contributed by atoms with Crippen molar-refractivity contribution in [3.63, 3.8) is 0 Å². The van der Waals surface area contributed by atoms with Crippen LogP contribution in [0.3, 0.4) is 0 Å². The third-order valence-electron chi connectivity index (χ3n) is 4.93. The number of rotatable bonds is 5. The highest BCUT2D eigenvalue weighted by Gasteiger charge is 2.25. The molecule has 1 aromatic heterocycles. The van der Waals surface area contributed by atoms with Gasteiger partial charge in [-0.25, -0.2) is 0 Å². The summed E-state index contributed by atoms with van der Waals surface area (Å²) >= 11 is 0. The van der Waals surface area contributed by atoms with Gasteiger partial charge in [0.15, 0.2) is 0 Å². The monoisotopic (exact) mass is 375 g/mol. The molecule has 1 aromatic carbocycles. The van der Waals surface area contributed by atoms with E-state index in [0.717, 1.165) is 48.3 Å². The Kier molecular flexibility index (Phi) is 5.47. The van der Waals surface area contributed by atoms with Crippen LogP contribution in [0, 0.1) is 17.2 Å². The van der Waals surface area contributed by atoms with Crippen LogP contribution in [0.1, 0.15) is 24.8 Å². The van der Waals surface area contributed by atoms with E-state index in [4.69, 9.17) is 14.5 Å². The van der Waals surface area contributed by atoms with Crippen molar-refractivity contribution >= 4 is 24.2 Å². The summed E-state index contributed by atoms with van der Waals surface area (Å²) in [4.78, 5) is 24.7. The van der Waals surface area contributed by atoms with Gasteiger partial charge in [-0.15, -0.1) is 0 Å². The summed E-state index contributed by atoms with van der Waals surface area (Å²) < 4.78 is 16.3. The van der Waals surface area contributed by atoms with E-state index < -0.39 is 7.60 Å². The van der Waals surface area contributed by atoms with Gasteiger partial charge < -0.3 is 19.4 Å². The number of nitrogens with zero attached hydrogens (tertiary/aromatic N) is 3. The molecule has 0 spiro atoms. The zero-order valence-electron chi connectivity index (χ0n) is 14.6. The molecular formula is C18H22N3O4P. The highest BCUT2D eigenvalue weighted by atomic mass is 31.2. The number of piperidine rings is 1. The second-order valence-corrected chi connectivity index (χ2v) is 8.40. The Balaban J connectivity index is 1.82. The first-order valence-electron chi connectivity index (χ1n) is 8.57. The van der Waals surface area contributed by atoms with E-state index in [1.807, 2.05) is 18.2 Å². The van der Waals surface area contributed by atoms with Gasteiger partial charge in [0.1, 0.15) is 11.8 Å². The van der Waals surface area contributed by atoms with Gasteiger partial charge >= 0.3 is 7.60 Å². The molecule has 0 bridgehead atoms. The summed E-state index contributed by atoms with van der Waals surface area (Å²) in [5.74, 6) is 1.02. The zero-order chi connectivity index (χ0) is 18.7. The molecule has 0 unspecified atom stereocenters. The van der Waals surface area contributed by atoms with Gasteiger partial charge in [0.25, 0.3) is 0 Å². The summed E-state index contributed by atoms with van der Waals surface area (Å²) in [7, 11) is -2.33. The minimum absolute atomic E-state index is 0.0565. The van der Waals surface area contributed by atoms with E-state index in [9.17, 15) is 9.83 Å². The molecule has 3 rings (SSSR count). The van der Waals surface area contributed by atoms with E-state index in [1.54, 1.807) is 13.3 Å². The number of pyridine rings is 1.